The molecule has 0 aliphatic heterocycles. The molecule has 20 heavy (non-hydrogen) atoms. The molecule has 5 heteroatoms. The largest absolute Gasteiger partial charge is 0.481 e. The first kappa shape index (κ1) is 17.0. The van der Waals surface area contributed by atoms with Crippen molar-refractivity contribution in [2.45, 2.75) is 52.4 Å². The number of carboxylic acid groups (broad SMARTS) is 1. The van der Waals surface area contributed by atoms with Crippen molar-refractivity contribution in [2.75, 3.05) is 13.1 Å². The smallest absolute Gasteiger partial charge is 0.311 e. The minimum absolute atomic E-state index is 0.0415. The maximum absolute atomic E-state index is 11.8. The molecule has 0 aromatic rings. The van der Waals surface area contributed by atoms with Gasteiger partial charge in [0, 0.05) is 13.0 Å². The first-order valence-corrected chi connectivity index (χ1v) is 7.61. The molecule has 0 spiro atoms. The molecule has 1 saturated carbocycles. The number of hydrogen-bond donors (Lipinski definition) is 3. The van der Waals surface area contributed by atoms with Gasteiger partial charge in [0.25, 0.3) is 0 Å². The highest BCUT2D eigenvalue weighted by Crippen LogP contribution is 2.40. The fourth-order valence-corrected chi connectivity index (χ4v) is 2.77. The van der Waals surface area contributed by atoms with Crippen molar-refractivity contribution >= 4 is 11.9 Å². The molecule has 0 heterocycles. The van der Waals surface area contributed by atoms with Crippen molar-refractivity contribution in [1.29, 1.82) is 0 Å². The van der Waals surface area contributed by atoms with Crippen LogP contribution in [-0.4, -0.2) is 30.1 Å². The number of aliphatic carboxylic acids is 1. The van der Waals surface area contributed by atoms with E-state index < -0.39 is 11.4 Å². The third-order valence-corrected chi connectivity index (χ3v) is 4.61. The molecule has 5 nitrogen and oxygen atoms in total. The van der Waals surface area contributed by atoms with Gasteiger partial charge in [-0.2, -0.15) is 0 Å². The van der Waals surface area contributed by atoms with Crippen molar-refractivity contribution in [2.24, 2.45) is 23.0 Å². The summed E-state index contributed by atoms with van der Waals surface area (Å²) >= 11 is 0. The lowest BCUT2D eigenvalue weighted by Crippen LogP contribution is -2.47. The zero-order valence-corrected chi connectivity index (χ0v) is 12.7. The Morgan fingerprint density at radius 1 is 1.30 bits per heavy atom. The van der Waals surface area contributed by atoms with E-state index >= 15 is 0 Å². The molecule has 1 aliphatic carbocycles. The molecule has 1 amide bonds. The van der Waals surface area contributed by atoms with Gasteiger partial charge in [0.05, 0.1) is 5.41 Å². The average Bonchev–Trinajstić information content (AvgIpc) is 2.32. The maximum atomic E-state index is 11.8. The van der Waals surface area contributed by atoms with E-state index in [0.29, 0.717) is 37.6 Å². The Morgan fingerprint density at radius 2 is 1.95 bits per heavy atom. The van der Waals surface area contributed by atoms with E-state index in [9.17, 15) is 14.7 Å². The number of nitrogens with one attached hydrogen (secondary N) is 1. The first-order chi connectivity index (χ1) is 9.41. The van der Waals surface area contributed by atoms with Crippen LogP contribution in [0.4, 0.5) is 0 Å². The Kier molecular flexibility index (Phi) is 6.46. The Morgan fingerprint density at radius 3 is 2.35 bits per heavy atom. The van der Waals surface area contributed by atoms with Crippen molar-refractivity contribution < 1.29 is 14.7 Å². The van der Waals surface area contributed by atoms with Gasteiger partial charge in [0.2, 0.25) is 5.91 Å². The first-order valence-electron chi connectivity index (χ1n) is 7.61. The van der Waals surface area contributed by atoms with E-state index in [-0.39, 0.29) is 12.5 Å². The van der Waals surface area contributed by atoms with Crippen molar-refractivity contribution in [3.8, 4) is 0 Å². The van der Waals surface area contributed by atoms with Crippen LogP contribution in [0.2, 0.25) is 0 Å². The Labute approximate surface area is 121 Å². The molecule has 1 unspecified atom stereocenters. The Balaban J connectivity index is 2.31. The van der Waals surface area contributed by atoms with Crippen molar-refractivity contribution in [1.82, 2.24) is 5.32 Å². The van der Waals surface area contributed by atoms with Gasteiger partial charge in [-0.1, -0.05) is 20.3 Å². The molecule has 1 atom stereocenters. The molecule has 116 valence electrons. The van der Waals surface area contributed by atoms with Crippen LogP contribution >= 0.6 is 0 Å². The molecule has 1 rings (SSSR count). The van der Waals surface area contributed by atoms with Crippen molar-refractivity contribution in [3.63, 3.8) is 0 Å². The summed E-state index contributed by atoms with van der Waals surface area (Å²) in [4.78, 5) is 23.0. The number of carboxylic acids is 1. The normalized spacial score (nSPS) is 18.4. The number of nitrogens with two attached hydrogens (primary N) is 1. The van der Waals surface area contributed by atoms with Gasteiger partial charge in [-0.05, 0) is 44.1 Å². The summed E-state index contributed by atoms with van der Waals surface area (Å²) in [6, 6.07) is 0. The average molecular weight is 284 g/mol. The second-order valence-electron chi connectivity index (χ2n) is 6.34. The fraction of sp³-hybridized carbons (Fsp3) is 0.867. The summed E-state index contributed by atoms with van der Waals surface area (Å²) in [5.74, 6) is 0.152. The van der Waals surface area contributed by atoms with Crippen LogP contribution in [-0.2, 0) is 9.59 Å². The summed E-state index contributed by atoms with van der Waals surface area (Å²) in [7, 11) is 0. The fourth-order valence-electron chi connectivity index (χ4n) is 2.77. The maximum Gasteiger partial charge on any atom is 0.311 e. The molecule has 4 N–H and O–H groups in total. The number of rotatable bonds is 9. The molecule has 0 aromatic carbocycles. The lowest BCUT2D eigenvalue weighted by molar-refractivity contribution is -0.154. The van der Waals surface area contributed by atoms with E-state index in [1.807, 2.05) is 0 Å². The zero-order valence-electron chi connectivity index (χ0n) is 12.7. The predicted molar refractivity (Wildman–Crippen MR) is 78.2 cm³/mol. The van der Waals surface area contributed by atoms with Crippen LogP contribution in [0.3, 0.4) is 0 Å². The SMILES string of the molecule is CC(C)C(CCN)CCC(=O)NCC1(C(=O)O)CCC1. The van der Waals surface area contributed by atoms with Crippen molar-refractivity contribution in [3.05, 3.63) is 0 Å². The summed E-state index contributed by atoms with van der Waals surface area (Å²) in [5.41, 5.74) is 4.88. The van der Waals surface area contributed by atoms with Gasteiger partial charge < -0.3 is 16.2 Å². The molecule has 0 saturated heterocycles. The lowest BCUT2D eigenvalue weighted by Gasteiger charge is -2.37. The van der Waals surface area contributed by atoms with Crippen LogP contribution in [0.15, 0.2) is 0 Å². The summed E-state index contributed by atoms with van der Waals surface area (Å²) in [5, 5.41) is 12.0. The molecule has 0 bridgehead atoms. The molecule has 0 aromatic heterocycles. The van der Waals surface area contributed by atoms with Crippen LogP contribution in [0, 0.1) is 17.3 Å². The summed E-state index contributed by atoms with van der Waals surface area (Å²) < 4.78 is 0. The second kappa shape index (κ2) is 7.62. The van der Waals surface area contributed by atoms with Gasteiger partial charge in [0.1, 0.15) is 0 Å². The van der Waals surface area contributed by atoms with Crippen LogP contribution in [0.25, 0.3) is 0 Å². The van der Waals surface area contributed by atoms with E-state index in [1.54, 1.807) is 0 Å². The highest BCUT2D eigenvalue weighted by Gasteiger charge is 2.44. The van der Waals surface area contributed by atoms with Gasteiger partial charge in [0.15, 0.2) is 0 Å². The number of carbonyl (C=O) groups is 2. The van der Waals surface area contributed by atoms with Crippen LogP contribution < -0.4 is 11.1 Å². The predicted octanol–water partition coefficient (Wildman–Crippen LogP) is 1.76. The lowest BCUT2D eigenvalue weighted by atomic mass is 9.69. The van der Waals surface area contributed by atoms with Gasteiger partial charge in [-0.25, -0.2) is 0 Å². The monoisotopic (exact) mass is 284 g/mol. The van der Waals surface area contributed by atoms with Gasteiger partial charge >= 0.3 is 5.97 Å². The van der Waals surface area contributed by atoms with Gasteiger partial charge in [-0.3, -0.25) is 9.59 Å². The minimum atomic E-state index is -0.785. The highest BCUT2D eigenvalue weighted by molar-refractivity contribution is 5.79. The Bertz CT molecular complexity index is 338. The van der Waals surface area contributed by atoms with E-state index in [2.05, 4.69) is 19.2 Å². The zero-order chi connectivity index (χ0) is 15.2. The third kappa shape index (κ3) is 4.47. The number of amides is 1. The minimum Gasteiger partial charge on any atom is -0.481 e. The topological polar surface area (TPSA) is 92.4 Å². The van der Waals surface area contributed by atoms with Crippen LogP contribution in [0.1, 0.15) is 52.4 Å². The highest BCUT2D eigenvalue weighted by atomic mass is 16.4. The quantitative estimate of drug-likeness (QED) is 0.601. The third-order valence-electron chi connectivity index (χ3n) is 4.61. The van der Waals surface area contributed by atoms with E-state index in [1.165, 1.54) is 0 Å². The number of carbonyl (C=O) groups excluding carboxylic acids is 1. The molecule has 1 aliphatic rings. The number of hydrogen-bond acceptors (Lipinski definition) is 3. The van der Waals surface area contributed by atoms with E-state index in [4.69, 9.17) is 5.73 Å². The molecular formula is C15H28N2O3. The standard InChI is InChI=1S/C15H28N2O3/c1-11(2)12(6-9-16)4-5-13(18)17-10-15(14(19)20)7-3-8-15/h11-12H,3-10,16H2,1-2H3,(H,17,18)(H,19,20). The molecule has 1 fully saturated rings. The van der Waals surface area contributed by atoms with Gasteiger partial charge in [-0.15, -0.1) is 0 Å². The van der Waals surface area contributed by atoms with E-state index in [0.717, 1.165) is 19.3 Å². The summed E-state index contributed by atoms with van der Waals surface area (Å²) in [6.07, 6.45) is 4.49. The Hall–Kier alpha value is -1.10. The molecular weight excluding hydrogens is 256 g/mol. The summed E-state index contributed by atoms with van der Waals surface area (Å²) in [6.45, 7) is 5.20. The second-order valence-corrected chi connectivity index (χ2v) is 6.34. The van der Waals surface area contributed by atoms with Crippen LogP contribution in [0.5, 0.6) is 0 Å². The molecule has 0 radical (unpaired) electrons.